The molecule has 1 unspecified atom stereocenters. The van der Waals surface area contributed by atoms with Crippen molar-refractivity contribution in [3.05, 3.63) is 41.2 Å². The smallest absolute Gasteiger partial charge is 0.406 e. The monoisotopic (exact) mass is 580 g/mol. The summed E-state index contributed by atoms with van der Waals surface area (Å²) in [7, 11) is 0. The van der Waals surface area contributed by atoms with Gasteiger partial charge in [-0.2, -0.15) is 13.2 Å². The summed E-state index contributed by atoms with van der Waals surface area (Å²) < 4.78 is 54.5. The molecular formula is C28H35F3N4O6. The zero-order valence-corrected chi connectivity index (χ0v) is 23.3. The topological polar surface area (TPSA) is 123 Å². The lowest BCUT2D eigenvalue weighted by Crippen LogP contribution is -2.45. The first-order chi connectivity index (χ1) is 19.2. The molecule has 2 atom stereocenters. The number of hydrogen-bond donors (Lipinski definition) is 2. The average molecular weight is 581 g/mol. The number of anilines is 1. The van der Waals surface area contributed by atoms with Crippen molar-refractivity contribution in [1.29, 1.82) is 0 Å². The number of alkyl halides is 3. The van der Waals surface area contributed by atoms with Gasteiger partial charge in [-0.25, -0.2) is 4.98 Å². The van der Waals surface area contributed by atoms with Crippen molar-refractivity contribution in [2.75, 3.05) is 31.6 Å². The molecule has 224 valence electrons. The van der Waals surface area contributed by atoms with E-state index in [1.165, 1.54) is 0 Å². The molecule has 3 heterocycles. The van der Waals surface area contributed by atoms with Gasteiger partial charge in [0.1, 0.15) is 18.9 Å². The van der Waals surface area contributed by atoms with Crippen LogP contribution in [0.1, 0.15) is 56.5 Å². The molecule has 2 N–H and O–H groups in total. The maximum absolute atomic E-state index is 13.7. The van der Waals surface area contributed by atoms with Gasteiger partial charge in [0.05, 0.1) is 36.1 Å². The van der Waals surface area contributed by atoms with E-state index in [2.05, 4.69) is 10.3 Å². The second kappa shape index (κ2) is 12.0. The zero-order chi connectivity index (χ0) is 29.9. The van der Waals surface area contributed by atoms with Gasteiger partial charge in [-0.1, -0.05) is 6.07 Å². The predicted octanol–water partition coefficient (Wildman–Crippen LogP) is 3.99. The fourth-order valence-electron chi connectivity index (χ4n) is 5.00. The van der Waals surface area contributed by atoms with Gasteiger partial charge >= 0.3 is 18.1 Å². The van der Waals surface area contributed by atoms with Gasteiger partial charge < -0.3 is 29.4 Å². The molecule has 0 aliphatic carbocycles. The number of esters is 1. The number of carboxylic acids is 1. The number of carbonyl (C=O) groups is 3. The van der Waals surface area contributed by atoms with Crippen LogP contribution in [0.15, 0.2) is 24.4 Å². The van der Waals surface area contributed by atoms with Gasteiger partial charge in [0.15, 0.2) is 0 Å². The molecule has 0 spiro atoms. The van der Waals surface area contributed by atoms with Crippen LogP contribution >= 0.6 is 0 Å². The van der Waals surface area contributed by atoms with E-state index in [0.29, 0.717) is 28.2 Å². The first-order valence-electron chi connectivity index (χ1n) is 13.5. The van der Waals surface area contributed by atoms with Crippen molar-refractivity contribution in [2.24, 2.45) is 11.3 Å². The highest BCUT2D eigenvalue weighted by molar-refractivity contribution is 5.85. The standard InChI is InChI=1S/C28H35F3N4O6/c1-27(2,3)25(39)41-15-22-21-13-20(40-10-7-19-14-34-9-4-8-32-26(34)33-19)6-5-17(21)11-18(12-23(36)37)24(38)35(22)16-28(29,30)31/h5-6,13-14,18,22H,4,7-12,15-16H2,1-3H3,(H,32,33)(H,36,37)/t18-,22?/m0/s1. The SMILES string of the molecule is CC(C)(C)C(=O)OCC1c2cc(OCCc3cn4c(n3)NCCC4)ccc2C[C@@H](CC(=O)O)C(=O)N1CC(F)(F)F. The van der Waals surface area contributed by atoms with Crippen molar-refractivity contribution >= 4 is 23.8 Å². The van der Waals surface area contributed by atoms with E-state index < -0.39 is 61.0 Å². The number of halogens is 3. The Morgan fingerprint density at radius 1 is 1.22 bits per heavy atom. The summed E-state index contributed by atoms with van der Waals surface area (Å²) in [4.78, 5) is 42.5. The van der Waals surface area contributed by atoms with E-state index in [1.54, 1.807) is 39.0 Å². The molecule has 2 aliphatic heterocycles. The molecule has 1 aromatic carbocycles. The Hall–Kier alpha value is -3.77. The Bertz CT molecular complexity index is 1260. The molecule has 4 rings (SSSR count). The van der Waals surface area contributed by atoms with E-state index in [-0.39, 0.29) is 13.0 Å². The number of rotatable bonds is 9. The molecule has 0 radical (unpaired) electrons. The molecular weight excluding hydrogens is 545 g/mol. The van der Waals surface area contributed by atoms with Gasteiger partial charge in [0, 0.05) is 25.7 Å². The highest BCUT2D eigenvalue weighted by Gasteiger charge is 2.43. The predicted molar refractivity (Wildman–Crippen MR) is 141 cm³/mol. The maximum atomic E-state index is 13.7. The fraction of sp³-hybridized carbons (Fsp3) is 0.571. The van der Waals surface area contributed by atoms with Gasteiger partial charge in [-0.3, -0.25) is 14.4 Å². The number of hydrogen-bond acceptors (Lipinski definition) is 7. The van der Waals surface area contributed by atoms with Crippen molar-refractivity contribution in [1.82, 2.24) is 14.5 Å². The molecule has 0 saturated carbocycles. The second-order valence-corrected chi connectivity index (χ2v) is 11.4. The third-order valence-corrected chi connectivity index (χ3v) is 7.02. The van der Waals surface area contributed by atoms with Crippen LogP contribution in [0.5, 0.6) is 5.75 Å². The van der Waals surface area contributed by atoms with Crippen LogP contribution < -0.4 is 10.1 Å². The quantitative estimate of drug-likeness (QED) is 0.427. The number of carboxylic acid groups (broad SMARTS) is 1. The van der Waals surface area contributed by atoms with Crippen molar-refractivity contribution in [2.45, 2.75) is 65.2 Å². The summed E-state index contributed by atoms with van der Waals surface area (Å²) in [5.41, 5.74) is 0.711. The van der Waals surface area contributed by atoms with Crippen LogP contribution in [0.2, 0.25) is 0 Å². The number of aromatic nitrogens is 2. The zero-order valence-electron chi connectivity index (χ0n) is 23.3. The molecule has 41 heavy (non-hydrogen) atoms. The molecule has 13 heteroatoms. The Labute approximate surface area is 235 Å². The number of ether oxygens (including phenoxy) is 2. The summed E-state index contributed by atoms with van der Waals surface area (Å²) in [5.74, 6) is -2.97. The Morgan fingerprint density at radius 3 is 2.63 bits per heavy atom. The number of nitrogens with one attached hydrogen (secondary N) is 1. The number of benzene rings is 1. The highest BCUT2D eigenvalue weighted by Crippen LogP contribution is 2.37. The minimum absolute atomic E-state index is 0.0773. The van der Waals surface area contributed by atoms with Gasteiger partial charge in [-0.05, 0) is 56.9 Å². The van der Waals surface area contributed by atoms with Crippen LogP contribution in [0.4, 0.5) is 19.1 Å². The lowest BCUT2D eigenvalue weighted by molar-refractivity contribution is -0.174. The van der Waals surface area contributed by atoms with Gasteiger partial charge in [-0.15, -0.1) is 0 Å². The third kappa shape index (κ3) is 7.70. The third-order valence-electron chi connectivity index (χ3n) is 7.02. The second-order valence-electron chi connectivity index (χ2n) is 11.4. The van der Waals surface area contributed by atoms with Gasteiger partial charge in [0.2, 0.25) is 11.9 Å². The average Bonchev–Trinajstić information content (AvgIpc) is 3.25. The van der Waals surface area contributed by atoms with E-state index in [4.69, 9.17) is 9.47 Å². The van der Waals surface area contributed by atoms with Crippen LogP contribution in [0.25, 0.3) is 0 Å². The van der Waals surface area contributed by atoms with E-state index in [0.717, 1.165) is 31.2 Å². The lowest BCUT2D eigenvalue weighted by atomic mass is 9.93. The van der Waals surface area contributed by atoms with E-state index in [9.17, 15) is 32.7 Å². The van der Waals surface area contributed by atoms with E-state index in [1.807, 2.05) is 10.8 Å². The molecule has 0 saturated heterocycles. The molecule has 10 nitrogen and oxygen atoms in total. The Kier molecular flexibility index (Phi) is 8.83. The van der Waals surface area contributed by atoms with Gasteiger partial charge in [0.25, 0.3) is 0 Å². The maximum Gasteiger partial charge on any atom is 0.406 e. The van der Waals surface area contributed by atoms with Crippen LogP contribution in [0.3, 0.4) is 0 Å². The summed E-state index contributed by atoms with van der Waals surface area (Å²) in [5, 5.41) is 12.6. The number of amides is 1. The molecule has 0 fully saturated rings. The molecule has 2 aliphatic rings. The molecule has 0 bridgehead atoms. The molecule has 2 aromatic rings. The summed E-state index contributed by atoms with van der Waals surface area (Å²) in [6.45, 7) is 4.65. The van der Waals surface area contributed by atoms with Crippen molar-refractivity contribution in [3.63, 3.8) is 0 Å². The summed E-state index contributed by atoms with van der Waals surface area (Å²) in [6.07, 6.45) is -2.04. The van der Waals surface area contributed by atoms with Crippen molar-refractivity contribution in [3.8, 4) is 5.75 Å². The number of nitrogens with zero attached hydrogens (tertiary/aromatic N) is 3. The fourth-order valence-corrected chi connectivity index (χ4v) is 5.00. The minimum atomic E-state index is -4.77. The molecule has 1 aromatic heterocycles. The summed E-state index contributed by atoms with van der Waals surface area (Å²) in [6, 6.07) is 3.52. The van der Waals surface area contributed by atoms with Crippen LogP contribution in [0, 0.1) is 11.3 Å². The highest BCUT2D eigenvalue weighted by atomic mass is 19.4. The van der Waals surface area contributed by atoms with Crippen LogP contribution in [-0.2, 0) is 38.5 Å². The molecule has 1 amide bonds. The first-order valence-corrected chi connectivity index (χ1v) is 13.5. The lowest BCUT2D eigenvalue weighted by Gasteiger charge is -2.33. The van der Waals surface area contributed by atoms with Crippen LogP contribution in [-0.4, -0.2) is 69.9 Å². The Morgan fingerprint density at radius 2 is 1.98 bits per heavy atom. The number of aliphatic carboxylic acids is 1. The Balaban J connectivity index is 1.62. The minimum Gasteiger partial charge on any atom is -0.493 e. The van der Waals surface area contributed by atoms with Crippen molar-refractivity contribution < 1.29 is 42.1 Å². The number of aryl methyl sites for hydroxylation is 1. The van der Waals surface area contributed by atoms with E-state index >= 15 is 0 Å². The number of carbonyl (C=O) groups excluding carboxylic acids is 2. The number of fused-ring (bicyclic) bond motifs is 2. The summed E-state index contributed by atoms with van der Waals surface area (Å²) >= 11 is 0. The normalized spacial score (nSPS) is 19.1. The first kappa shape index (κ1) is 30.2. The number of imidazole rings is 1. The largest absolute Gasteiger partial charge is 0.493 e.